The Morgan fingerprint density at radius 1 is 1.45 bits per heavy atom. The number of aliphatic carboxylic acids is 1. The molecule has 0 saturated heterocycles. The Kier molecular flexibility index (Phi) is 3.23. The van der Waals surface area contributed by atoms with Crippen LogP contribution in [0.25, 0.3) is 16.2 Å². The number of carboxylic acids is 1. The van der Waals surface area contributed by atoms with Gasteiger partial charge in [0.05, 0.1) is 17.1 Å². The number of nitrogens with zero attached hydrogens (tertiary/aromatic N) is 2. The van der Waals surface area contributed by atoms with Gasteiger partial charge >= 0.3 is 5.97 Å². The zero-order valence-electron chi connectivity index (χ0n) is 10.6. The first-order valence-corrected chi connectivity index (χ1v) is 7.18. The van der Waals surface area contributed by atoms with Gasteiger partial charge in [-0.15, -0.1) is 11.3 Å². The molecule has 0 amide bonds. The molecule has 0 aliphatic heterocycles. The molecule has 2 aromatic heterocycles. The van der Waals surface area contributed by atoms with Crippen molar-refractivity contribution in [3.05, 3.63) is 46.1 Å². The van der Waals surface area contributed by atoms with E-state index in [0.29, 0.717) is 5.02 Å². The summed E-state index contributed by atoms with van der Waals surface area (Å²) in [4.78, 5) is 16.8. The number of benzene rings is 1. The molecule has 0 spiro atoms. The van der Waals surface area contributed by atoms with Crippen LogP contribution in [-0.2, 0) is 11.2 Å². The average Bonchev–Trinajstić information content (AvgIpc) is 2.89. The minimum Gasteiger partial charge on any atom is -0.481 e. The molecule has 0 aliphatic rings. The number of carbonyl (C=O) groups is 1. The Bertz CT molecular complexity index is 775. The van der Waals surface area contributed by atoms with E-state index in [1.54, 1.807) is 6.20 Å². The molecule has 4 nitrogen and oxygen atoms in total. The summed E-state index contributed by atoms with van der Waals surface area (Å²) in [6.07, 6.45) is 3.70. The van der Waals surface area contributed by atoms with Crippen molar-refractivity contribution in [2.75, 3.05) is 0 Å². The average molecular weight is 307 g/mol. The number of hydrogen-bond donors (Lipinski definition) is 1. The summed E-state index contributed by atoms with van der Waals surface area (Å²) < 4.78 is 1.84. The minimum absolute atomic E-state index is 0.0224. The van der Waals surface area contributed by atoms with Crippen LogP contribution in [-0.4, -0.2) is 20.5 Å². The van der Waals surface area contributed by atoms with Crippen molar-refractivity contribution in [3.8, 4) is 11.3 Å². The van der Waals surface area contributed by atoms with E-state index >= 15 is 0 Å². The lowest BCUT2D eigenvalue weighted by Crippen LogP contribution is -1.97. The van der Waals surface area contributed by atoms with Crippen LogP contribution >= 0.6 is 22.9 Å². The fourth-order valence-corrected chi connectivity index (χ4v) is 3.20. The second kappa shape index (κ2) is 4.92. The standard InChI is InChI=1S/C14H11ClN2O2S/c1-8-2-3-11(15)10(4-8)12-7-17-6-9(5-13(18)19)20-14(17)16-12/h2-4,6-7H,5H2,1H3,(H,18,19). The molecule has 0 atom stereocenters. The predicted octanol–water partition coefficient (Wildman–Crippen LogP) is 3.65. The van der Waals surface area contributed by atoms with E-state index in [4.69, 9.17) is 16.7 Å². The van der Waals surface area contributed by atoms with Crippen molar-refractivity contribution < 1.29 is 9.90 Å². The quantitative estimate of drug-likeness (QED) is 0.803. The van der Waals surface area contributed by atoms with Crippen molar-refractivity contribution in [1.82, 2.24) is 9.38 Å². The van der Waals surface area contributed by atoms with Crippen molar-refractivity contribution >= 4 is 33.9 Å². The van der Waals surface area contributed by atoms with E-state index in [1.807, 2.05) is 35.7 Å². The number of imidazole rings is 1. The zero-order valence-corrected chi connectivity index (χ0v) is 12.2. The third-order valence-electron chi connectivity index (χ3n) is 2.93. The van der Waals surface area contributed by atoms with Crippen molar-refractivity contribution in [3.63, 3.8) is 0 Å². The summed E-state index contributed by atoms with van der Waals surface area (Å²) in [5, 5.41) is 9.45. The van der Waals surface area contributed by atoms with Crippen LogP contribution < -0.4 is 0 Å². The monoisotopic (exact) mass is 306 g/mol. The van der Waals surface area contributed by atoms with Crippen LogP contribution in [0.1, 0.15) is 10.4 Å². The summed E-state index contributed by atoms with van der Waals surface area (Å²) in [5.74, 6) is -0.837. The number of aromatic nitrogens is 2. The molecule has 1 aromatic carbocycles. The van der Waals surface area contributed by atoms with E-state index in [-0.39, 0.29) is 6.42 Å². The number of carboxylic acid groups (broad SMARTS) is 1. The van der Waals surface area contributed by atoms with Crippen molar-refractivity contribution in [1.29, 1.82) is 0 Å². The van der Waals surface area contributed by atoms with Gasteiger partial charge < -0.3 is 5.11 Å². The van der Waals surface area contributed by atoms with Gasteiger partial charge in [0.25, 0.3) is 0 Å². The highest BCUT2D eigenvalue weighted by atomic mass is 35.5. The third-order valence-corrected chi connectivity index (χ3v) is 4.25. The van der Waals surface area contributed by atoms with Gasteiger partial charge in [-0.05, 0) is 19.1 Å². The fourth-order valence-electron chi connectivity index (χ4n) is 2.04. The van der Waals surface area contributed by atoms with E-state index in [0.717, 1.165) is 26.7 Å². The highest BCUT2D eigenvalue weighted by Crippen LogP contribution is 2.30. The maximum atomic E-state index is 10.7. The van der Waals surface area contributed by atoms with Crippen LogP contribution in [0.15, 0.2) is 30.6 Å². The molecule has 0 aliphatic carbocycles. The van der Waals surface area contributed by atoms with Crippen LogP contribution in [0, 0.1) is 6.92 Å². The molecule has 0 radical (unpaired) electrons. The summed E-state index contributed by atoms with van der Waals surface area (Å²) >= 11 is 7.58. The number of hydrogen-bond acceptors (Lipinski definition) is 3. The molecule has 3 rings (SSSR count). The highest BCUT2D eigenvalue weighted by molar-refractivity contribution is 7.17. The van der Waals surface area contributed by atoms with Crippen molar-refractivity contribution in [2.24, 2.45) is 0 Å². The maximum absolute atomic E-state index is 10.7. The highest BCUT2D eigenvalue weighted by Gasteiger charge is 2.12. The first kappa shape index (κ1) is 13.1. The Labute approximate surface area is 124 Å². The van der Waals surface area contributed by atoms with E-state index < -0.39 is 5.97 Å². The SMILES string of the molecule is Cc1ccc(Cl)c(-c2cn3cc(CC(=O)O)sc3n2)c1. The number of thiazole rings is 1. The predicted molar refractivity (Wildman–Crippen MR) is 79.6 cm³/mol. The Morgan fingerprint density at radius 3 is 2.95 bits per heavy atom. The molecule has 1 N–H and O–H groups in total. The first-order valence-electron chi connectivity index (χ1n) is 5.98. The van der Waals surface area contributed by atoms with Gasteiger partial charge in [0.15, 0.2) is 4.96 Å². The topological polar surface area (TPSA) is 54.6 Å². The molecule has 0 bridgehead atoms. The summed E-state index contributed by atoms with van der Waals surface area (Å²) in [6, 6.07) is 5.80. The lowest BCUT2D eigenvalue weighted by Gasteiger charge is -2.01. The largest absolute Gasteiger partial charge is 0.481 e. The normalized spacial score (nSPS) is 11.1. The van der Waals surface area contributed by atoms with Gasteiger partial charge in [-0.2, -0.15) is 0 Å². The zero-order chi connectivity index (χ0) is 14.3. The molecule has 0 fully saturated rings. The Balaban J connectivity index is 2.03. The van der Waals surface area contributed by atoms with Gasteiger partial charge in [-0.25, -0.2) is 4.98 Å². The van der Waals surface area contributed by atoms with Gasteiger partial charge in [-0.3, -0.25) is 9.20 Å². The molecule has 2 heterocycles. The van der Waals surface area contributed by atoms with Crippen LogP contribution in [0.2, 0.25) is 5.02 Å². The van der Waals surface area contributed by atoms with E-state index in [9.17, 15) is 4.79 Å². The lowest BCUT2D eigenvalue weighted by molar-refractivity contribution is -0.136. The molecular formula is C14H11ClN2O2S. The summed E-state index contributed by atoms with van der Waals surface area (Å²) in [7, 11) is 0. The summed E-state index contributed by atoms with van der Waals surface area (Å²) in [5.41, 5.74) is 2.81. The number of halogens is 1. The number of rotatable bonds is 3. The molecule has 0 unspecified atom stereocenters. The summed E-state index contributed by atoms with van der Waals surface area (Å²) in [6.45, 7) is 2.00. The van der Waals surface area contributed by atoms with E-state index in [1.165, 1.54) is 11.3 Å². The molecule has 0 saturated carbocycles. The Hall–Kier alpha value is -1.85. The second-order valence-corrected chi connectivity index (χ2v) is 6.07. The molecule has 102 valence electrons. The molecule has 6 heteroatoms. The second-order valence-electron chi connectivity index (χ2n) is 4.57. The van der Waals surface area contributed by atoms with Gasteiger partial charge in [0.2, 0.25) is 0 Å². The van der Waals surface area contributed by atoms with Crippen LogP contribution in [0.4, 0.5) is 0 Å². The third kappa shape index (κ3) is 2.42. The Morgan fingerprint density at radius 2 is 2.25 bits per heavy atom. The van der Waals surface area contributed by atoms with Gasteiger partial charge in [0, 0.05) is 22.8 Å². The van der Waals surface area contributed by atoms with Crippen molar-refractivity contribution in [2.45, 2.75) is 13.3 Å². The number of aryl methyl sites for hydroxylation is 1. The van der Waals surface area contributed by atoms with E-state index in [2.05, 4.69) is 4.98 Å². The molecule has 3 aromatic rings. The number of fused-ring (bicyclic) bond motifs is 1. The van der Waals surface area contributed by atoms with Gasteiger partial charge in [0.1, 0.15) is 0 Å². The smallest absolute Gasteiger partial charge is 0.308 e. The van der Waals surface area contributed by atoms with Crippen LogP contribution in [0.5, 0.6) is 0 Å². The maximum Gasteiger partial charge on any atom is 0.308 e. The van der Waals surface area contributed by atoms with Gasteiger partial charge in [-0.1, -0.05) is 23.2 Å². The fraction of sp³-hybridized carbons (Fsp3) is 0.143. The lowest BCUT2D eigenvalue weighted by atomic mass is 10.1. The molecule has 20 heavy (non-hydrogen) atoms. The molecular weight excluding hydrogens is 296 g/mol. The minimum atomic E-state index is -0.837. The van der Waals surface area contributed by atoms with Crippen LogP contribution in [0.3, 0.4) is 0 Å². The first-order chi connectivity index (χ1) is 9.52.